The van der Waals surface area contributed by atoms with Crippen LogP contribution in [-0.4, -0.2) is 11.8 Å². The van der Waals surface area contributed by atoms with Gasteiger partial charge in [0.25, 0.3) is 5.91 Å². The van der Waals surface area contributed by atoms with E-state index in [0.717, 1.165) is 5.56 Å². The second kappa shape index (κ2) is 9.23. The number of carbonyl (C=O) groups is 2. The van der Waals surface area contributed by atoms with Gasteiger partial charge in [-0.3, -0.25) is 9.59 Å². The van der Waals surface area contributed by atoms with Crippen LogP contribution in [-0.2, 0) is 10.2 Å². The van der Waals surface area contributed by atoms with E-state index >= 15 is 0 Å². The largest absolute Gasteiger partial charge is 0.323 e. The van der Waals surface area contributed by atoms with Crippen LogP contribution in [0.3, 0.4) is 0 Å². The van der Waals surface area contributed by atoms with Gasteiger partial charge in [-0.15, -0.1) is 0 Å². The molecule has 0 heterocycles. The predicted molar refractivity (Wildman–Crippen MR) is 124 cm³/mol. The Morgan fingerprint density at radius 1 is 0.733 bits per heavy atom. The molecule has 0 aliphatic carbocycles. The van der Waals surface area contributed by atoms with Crippen LogP contribution in [0, 0.1) is 0 Å². The van der Waals surface area contributed by atoms with E-state index in [1.165, 1.54) is 11.6 Å². The molecule has 0 fully saturated rings. The van der Waals surface area contributed by atoms with E-state index in [4.69, 9.17) is 0 Å². The first-order chi connectivity index (χ1) is 14.3. The molecular formula is C26H26N2O2. The van der Waals surface area contributed by atoms with Gasteiger partial charge in [0.1, 0.15) is 0 Å². The minimum absolute atomic E-state index is 0.0472. The number of hydrogen-bond acceptors (Lipinski definition) is 2. The summed E-state index contributed by atoms with van der Waals surface area (Å²) < 4.78 is 0. The molecule has 0 spiro atoms. The average Bonchev–Trinajstić information content (AvgIpc) is 2.74. The molecule has 0 bridgehead atoms. The number of nitrogens with one attached hydrogen (secondary N) is 2. The minimum atomic E-state index is -0.213. The summed E-state index contributed by atoms with van der Waals surface area (Å²) in [5, 5.41) is 5.68. The summed E-state index contributed by atoms with van der Waals surface area (Å²) in [6, 6.07) is 24.3. The first kappa shape index (κ1) is 21.1. The molecule has 0 saturated carbocycles. The Hall–Kier alpha value is -3.66. The van der Waals surface area contributed by atoms with Gasteiger partial charge in [-0.05, 0) is 59.0 Å². The van der Waals surface area contributed by atoms with Crippen molar-refractivity contribution >= 4 is 29.3 Å². The highest BCUT2D eigenvalue weighted by atomic mass is 16.2. The fraction of sp³-hybridized carbons (Fsp3) is 0.154. The molecule has 2 N–H and O–H groups in total. The zero-order valence-corrected chi connectivity index (χ0v) is 17.5. The third-order valence-corrected chi connectivity index (χ3v) is 4.65. The first-order valence-electron chi connectivity index (χ1n) is 9.87. The highest BCUT2D eigenvalue weighted by molar-refractivity contribution is 6.05. The second-order valence-corrected chi connectivity index (χ2v) is 8.09. The van der Waals surface area contributed by atoms with Gasteiger partial charge in [-0.2, -0.15) is 0 Å². The lowest BCUT2D eigenvalue weighted by Crippen LogP contribution is -2.14. The summed E-state index contributed by atoms with van der Waals surface area (Å²) >= 11 is 0. The molecule has 0 radical (unpaired) electrons. The average molecular weight is 399 g/mol. The van der Waals surface area contributed by atoms with Gasteiger partial charge < -0.3 is 10.6 Å². The maximum atomic E-state index is 12.5. The van der Waals surface area contributed by atoms with Gasteiger partial charge >= 0.3 is 0 Å². The summed E-state index contributed by atoms with van der Waals surface area (Å²) in [5.41, 5.74) is 4.11. The molecule has 0 atom stereocenters. The van der Waals surface area contributed by atoms with E-state index in [0.29, 0.717) is 16.9 Å². The second-order valence-electron chi connectivity index (χ2n) is 8.09. The van der Waals surface area contributed by atoms with Crippen molar-refractivity contribution in [2.45, 2.75) is 26.2 Å². The molecule has 3 aromatic carbocycles. The standard InChI is InChI=1S/C26H26N2O2/c1-26(2,3)21-12-10-20(11-13-21)25(30)28-23-16-14-22(15-17-23)27-24(29)18-9-19-7-5-4-6-8-19/h4-18H,1-3H3,(H,27,29)(H,28,30)/b18-9+. The third-order valence-electron chi connectivity index (χ3n) is 4.65. The van der Waals surface area contributed by atoms with Crippen LogP contribution >= 0.6 is 0 Å². The fourth-order valence-corrected chi connectivity index (χ4v) is 2.88. The Kier molecular flexibility index (Phi) is 6.48. The number of carbonyl (C=O) groups excluding carboxylic acids is 2. The smallest absolute Gasteiger partial charge is 0.255 e. The van der Waals surface area contributed by atoms with E-state index < -0.39 is 0 Å². The molecule has 4 heteroatoms. The number of hydrogen-bond donors (Lipinski definition) is 2. The van der Waals surface area contributed by atoms with Crippen molar-refractivity contribution in [3.05, 3.63) is 102 Å². The molecule has 3 aromatic rings. The van der Waals surface area contributed by atoms with Crippen LogP contribution < -0.4 is 10.6 Å². The monoisotopic (exact) mass is 398 g/mol. The van der Waals surface area contributed by atoms with Gasteiger partial charge in [0.15, 0.2) is 0 Å². The number of benzene rings is 3. The maximum absolute atomic E-state index is 12.5. The normalized spacial score (nSPS) is 11.3. The lowest BCUT2D eigenvalue weighted by atomic mass is 9.87. The van der Waals surface area contributed by atoms with E-state index in [9.17, 15) is 9.59 Å². The Morgan fingerprint density at radius 2 is 1.30 bits per heavy atom. The van der Waals surface area contributed by atoms with Crippen molar-refractivity contribution in [1.82, 2.24) is 0 Å². The quantitative estimate of drug-likeness (QED) is 0.527. The molecule has 0 aromatic heterocycles. The molecule has 2 amide bonds. The van der Waals surface area contributed by atoms with E-state index in [1.54, 1.807) is 30.3 Å². The summed E-state index contributed by atoms with van der Waals surface area (Å²) in [6.45, 7) is 6.42. The third kappa shape index (κ3) is 5.92. The van der Waals surface area contributed by atoms with Gasteiger partial charge in [0.2, 0.25) is 5.91 Å². The number of amides is 2. The summed E-state index contributed by atoms with van der Waals surface area (Å²) in [6.07, 6.45) is 3.25. The summed E-state index contributed by atoms with van der Waals surface area (Å²) in [7, 11) is 0. The van der Waals surface area contributed by atoms with Crippen LogP contribution in [0.1, 0.15) is 42.3 Å². The molecule has 152 valence electrons. The molecular weight excluding hydrogens is 372 g/mol. The molecule has 0 saturated heterocycles. The van der Waals surface area contributed by atoms with E-state index in [-0.39, 0.29) is 17.2 Å². The summed E-state index contributed by atoms with van der Waals surface area (Å²) in [4.78, 5) is 24.5. The number of anilines is 2. The zero-order valence-electron chi connectivity index (χ0n) is 17.5. The number of rotatable bonds is 5. The van der Waals surface area contributed by atoms with Crippen molar-refractivity contribution < 1.29 is 9.59 Å². The van der Waals surface area contributed by atoms with Gasteiger partial charge in [-0.25, -0.2) is 0 Å². The molecule has 3 rings (SSSR count). The van der Waals surface area contributed by atoms with E-state index in [2.05, 4.69) is 31.4 Å². The fourth-order valence-electron chi connectivity index (χ4n) is 2.88. The molecule has 0 aliphatic heterocycles. The lowest BCUT2D eigenvalue weighted by molar-refractivity contribution is -0.111. The van der Waals surface area contributed by atoms with E-state index in [1.807, 2.05) is 54.6 Å². The molecule has 30 heavy (non-hydrogen) atoms. The molecule has 4 nitrogen and oxygen atoms in total. The Morgan fingerprint density at radius 3 is 1.87 bits per heavy atom. The SMILES string of the molecule is CC(C)(C)c1ccc(C(=O)Nc2ccc(NC(=O)/C=C/c3ccccc3)cc2)cc1. The van der Waals surface area contributed by atoms with Gasteiger partial charge in [0.05, 0.1) is 0 Å². The van der Waals surface area contributed by atoms with Crippen LogP contribution in [0.25, 0.3) is 6.08 Å². The van der Waals surface area contributed by atoms with Crippen molar-refractivity contribution in [3.8, 4) is 0 Å². The predicted octanol–water partition coefficient (Wildman–Crippen LogP) is 5.89. The van der Waals surface area contributed by atoms with Crippen LogP contribution in [0.4, 0.5) is 11.4 Å². The van der Waals surface area contributed by atoms with Crippen molar-refractivity contribution in [2.75, 3.05) is 10.6 Å². The van der Waals surface area contributed by atoms with Crippen LogP contribution in [0.2, 0.25) is 0 Å². The maximum Gasteiger partial charge on any atom is 0.255 e. The minimum Gasteiger partial charge on any atom is -0.323 e. The van der Waals surface area contributed by atoms with Crippen LogP contribution in [0.15, 0.2) is 84.9 Å². The first-order valence-corrected chi connectivity index (χ1v) is 9.87. The van der Waals surface area contributed by atoms with Gasteiger partial charge in [-0.1, -0.05) is 63.2 Å². The Labute approximate surface area is 177 Å². The highest BCUT2D eigenvalue weighted by Gasteiger charge is 2.14. The topological polar surface area (TPSA) is 58.2 Å². The van der Waals surface area contributed by atoms with Crippen molar-refractivity contribution in [3.63, 3.8) is 0 Å². The lowest BCUT2D eigenvalue weighted by Gasteiger charge is -2.19. The highest BCUT2D eigenvalue weighted by Crippen LogP contribution is 2.22. The zero-order chi connectivity index (χ0) is 21.6. The Balaban J connectivity index is 1.57. The van der Waals surface area contributed by atoms with Gasteiger partial charge in [0, 0.05) is 23.0 Å². The molecule has 0 aliphatic rings. The van der Waals surface area contributed by atoms with Crippen molar-refractivity contribution in [1.29, 1.82) is 0 Å². The summed E-state index contributed by atoms with van der Waals surface area (Å²) in [5.74, 6) is -0.382. The van der Waals surface area contributed by atoms with Crippen molar-refractivity contribution in [2.24, 2.45) is 0 Å². The molecule has 0 unspecified atom stereocenters. The Bertz CT molecular complexity index is 1030. The van der Waals surface area contributed by atoms with Crippen LogP contribution in [0.5, 0.6) is 0 Å².